The normalized spacial score (nSPS) is 14.7. The molecule has 1 atom stereocenters. The van der Waals surface area contributed by atoms with Gasteiger partial charge >= 0.3 is 0 Å². The fraction of sp³-hybridized carbons (Fsp3) is 0.364. The molecule has 6 nitrogen and oxygen atoms in total. The first kappa shape index (κ1) is 18.3. The molecule has 2 N–H and O–H groups in total. The van der Waals surface area contributed by atoms with Crippen molar-refractivity contribution in [2.45, 2.75) is 32.7 Å². The van der Waals surface area contributed by atoms with Crippen molar-refractivity contribution in [3.63, 3.8) is 0 Å². The van der Waals surface area contributed by atoms with Crippen LogP contribution in [0.15, 0.2) is 42.5 Å². The van der Waals surface area contributed by atoms with Crippen molar-refractivity contribution in [2.24, 2.45) is 5.92 Å². The molecular formula is C22H25N3O3. The molecule has 0 fully saturated rings. The Labute approximate surface area is 164 Å². The number of nitrogens with zero attached hydrogens (tertiary/aromatic N) is 1. The minimum Gasteiger partial charge on any atom is -0.490 e. The third kappa shape index (κ3) is 3.96. The number of nitrogens with one attached hydrogen (secondary N) is 2. The average molecular weight is 379 g/mol. The number of carbonyl (C=O) groups excluding carboxylic acids is 1. The quantitative estimate of drug-likeness (QED) is 0.707. The summed E-state index contributed by atoms with van der Waals surface area (Å²) in [5.41, 5.74) is 2.77. The van der Waals surface area contributed by atoms with Gasteiger partial charge in [0.1, 0.15) is 5.82 Å². The van der Waals surface area contributed by atoms with Crippen LogP contribution in [0.3, 0.4) is 0 Å². The van der Waals surface area contributed by atoms with E-state index in [1.807, 2.05) is 42.5 Å². The average Bonchev–Trinajstić information content (AvgIpc) is 2.96. The zero-order valence-corrected chi connectivity index (χ0v) is 16.2. The van der Waals surface area contributed by atoms with E-state index in [4.69, 9.17) is 9.47 Å². The molecule has 146 valence electrons. The summed E-state index contributed by atoms with van der Waals surface area (Å²) < 4.78 is 11.4. The number of rotatable bonds is 5. The van der Waals surface area contributed by atoms with Crippen molar-refractivity contribution in [2.75, 3.05) is 13.2 Å². The molecule has 1 aliphatic rings. The van der Waals surface area contributed by atoms with Gasteiger partial charge in [-0.2, -0.15) is 0 Å². The van der Waals surface area contributed by atoms with Gasteiger partial charge in [-0.1, -0.05) is 32.0 Å². The predicted octanol–water partition coefficient (Wildman–Crippen LogP) is 3.78. The third-order valence-corrected chi connectivity index (χ3v) is 4.86. The lowest BCUT2D eigenvalue weighted by molar-refractivity contribution is -0.121. The van der Waals surface area contributed by atoms with Crippen molar-refractivity contribution in [1.29, 1.82) is 0 Å². The van der Waals surface area contributed by atoms with E-state index in [0.717, 1.165) is 34.6 Å². The van der Waals surface area contributed by atoms with E-state index in [1.54, 1.807) is 0 Å². The zero-order chi connectivity index (χ0) is 19.5. The lowest BCUT2D eigenvalue weighted by Gasteiger charge is -2.20. The number of amides is 1. The number of aromatic amines is 1. The maximum atomic E-state index is 12.7. The Bertz CT molecular complexity index is 947. The summed E-state index contributed by atoms with van der Waals surface area (Å²) >= 11 is 0. The van der Waals surface area contributed by atoms with Crippen molar-refractivity contribution in [3.8, 4) is 11.5 Å². The number of benzene rings is 2. The van der Waals surface area contributed by atoms with Gasteiger partial charge in [-0.05, 0) is 35.7 Å². The number of hydrogen-bond donors (Lipinski definition) is 2. The highest BCUT2D eigenvalue weighted by atomic mass is 16.5. The van der Waals surface area contributed by atoms with E-state index < -0.39 is 0 Å². The molecule has 0 aliphatic carbocycles. The molecule has 3 aromatic rings. The molecule has 0 bridgehead atoms. The number of imidazole rings is 1. The van der Waals surface area contributed by atoms with Gasteiger partial charge in [-0.15, -0.1) is 0 Å². The smallest absolute Gasteiger partial charge is 0.225 e. The molecule has 4 rings (SSSR count). The van der Waals surface area contributed by atoms with Gasteiger partial charge in [0, 0.05) is 6.42 Å². The summed E-state index contributed by atoms with van der Waals surface area (Å²) in [6.07, 6.45) is 1.14. The van der Waals surface area contributed by atoms with E-state index in [1.165, 1.54) is 0 Å². The number of carbonyl (C=O) groups is 1. The van der Waals surface area contributed by atoms with Crippen molar-refractivity contribution in [3.05, 3.63) is 53.9 Å². The van der Waals surface area contributed by atoms with E-state index in [0.29, 0.717) is 19.0 Å². The molecule has 1 aliphatic heterocycles. The highest BCUT2D eigenvalue weighted by Gasteiger charge is 2.22. The van der Waals surface area contributed by atoms with Gasteiger partial charge in [-0.3, -0.25) is 4.79 Å². The molecule has 1 amide bonds. The van der Waals surface area contributed by atoms with Crippen LogP contribution in [0.4, 0.5) is 0 Å². The van der Waals surface area contributed by atoms with Crippen LogP contribution >= 0.6 is 0 Å². The van der Waals surface area contributed by atoms with Crippen LogP contribution in [0.5, 0.6) is 11.5 Å². The van der Waals surface area contributed by atoms with Crippen LogP contribution in [0, 0.1) is 5.92 Å². The Kier molecular flexibility index (Phi) is 5.19. The predicted molar refractivity (Wildman–Crippen MR) is 108 cm³/mol. The van der Waals surface area contributed by atoms with E-state index in [-0.39, 0.29) is 24.3 Å². The Balaban J connectivity index is 1.48. The minimum absolute atomic E-state index is 0.0475. The molecule has 2 aromatic carbocycles. The summed E-state index contributed by atoms with van der Waals surface area (Å²) in [7, 11) is 0. The van der Waals surface area contributed by atoms with Crippen LogP contribution in [0.25, 0.3) is 11.0 Å². The van der Waals surface area contributed by atoms with Crippen LogP contribution in [-0.4, -0.2) is 29.1 Å². The second-order valence-corrected chi connectivity index (χ2v) is 7.44. The molecule has 1 aromatic heterocycles. The lowest BCUT2D eigenvalue weighted by atomic mass is 10.0. The SMILES string of the molecule is CC(C)[C@H](NC(=O)Cc1ccc2c(c1)OCCCO2)c1nc2ccccc2[nH]1. The summed E-state index contributed by atoms with van der Waals surface area (Å²) in [4.78, 5) is 20.7. The topological polar surface area (TPSA) is 76.2 Å². The van der Waals surface area contributed by atoms with Crippen molar-refractivity contribution in [1.82, 2.24) is 15.3 Å². The van der Waals surface area contributed by atoms with Crippen LogP contribution < -0.4 is 14.8 Å². The van der Waals surface area contributed by atoms with Gasteiger partial charge in [0.25, 0.3) is 0 Å². The number of aromatic nitrogens is 2. The second-order valence-electron chi connectivity index (χ2n) is 7.44. The maximum absolute atomic E-state index is 12.7. The number of hydrogen-bond acceptors (Lipinski definition) is 4. The zero-order valence-electron chi connectivity index (χ0n) is 16.2. The standard InChI is InChI=1S/C22H25N3O3/c1-14(2)21(22-23-16-6-3-4-7-17(16)24-22)25-20(26)13-15-8-9-18-19(12-15)28-11-5-10-27-18/h3-4,6-9,12,14,21H,5,10-11,13H2,1-2H3,(H,23,24)(H,25,26)/t21-/m0/s1. The number of H-pyrrole nitrogens is 1. The summed E-state index contributed by atoms with van der Waals surface area (Å²) in [6.45, 7) is 5.43. The fourth-order valence-electron chi connectivity index (χ4n) is 3.40. The molecule has 0 saturated heterocycles. The number of ether oxygens (including phenoxy) is 2. The molecule has 28 heavy (non-hydrogen) atoms. The molecule has 6 heteroatoms. The van der Waals surface area contributed by atoms with Crippen molar-refractivity contribution >= 4 is 16.9 Å². The van der Waals surface area contributed by atoms with E-state index in [2.05, 4.69) is 29.1 Å². The first-order chi connectivity index (χ1) is 13.6. The van der Waals surface area contributed by atoms with Gasteiger partial charge in [0.2, 0.25) is 5.91 Å². The number of para-hydroxylation sites is 2. The highest BCUT2D eigenvalue weighted by molar-refractivity contribution is 5.80. The second kappa shape index (κ2) is 7.92. The van der Waals surface area contributed by atoms with Gasteiger partial charge in [0.05, 0.1) is 36.7 Å². The first-order valence-electron chi connectivity index (χ1n) is 9.72. The first-order valence-corrected chi connectivity index (χ1v) is 9.72. The monoisotopic (exact) mass is 379 g/mol. The van der Waals surface area contributed by atoms with Gasteiger partial charge in [0.15, 0.2) is 11.5 Å². The largest absolute Gasteiger partial charge is 0.490 e. The third-order valence-electron chi connectivity index (χ3n) is 4.86. The van der Waals surface area contributed by atoms with Gasteiger partial charge in [-0.25, -0.2) is 4.98 Å². The minimum atomic E-state index is -0.180. The summed E-state index contributed by atoms with van der Waals surface area (Å²) in [5, 5.41) is 3.13. The summed E-state index contributed by atoms with van der Waals surface area (Å²) in [5.74, 6) is 2.38. The Morgan fingerprint density at radius 2 is 1.93 bits per heavy atom. The Morgan fingerprint density at radius 1 is 1.14 bits per heavy atom. The van der Waals surface area contributed by atoms with E-state index in [9.17, 15) is 4.79 Å². The molecule has 2 heterocycles. The highest BCUT2D eigenvalue weighted by Crippen LogP contribution is 2.30. The van der Waals surface area contributed by atoms with Crippen LogP contribution in [-0.2, 0) is 11.2 Å². The molecular weight excluding hydrogens is 354 g/mol. The summed E-state index contributed by atoms with van der Waals surface area (Å²) in [6, 6.07) is 13.4. The molecule has 0 unspecified atom stereocenters. The van der Waals surface area contributed by atoms with Gasteiger partial charge < -0.3 is 19.8 Å². The molecule has 0 spiro atoms. The Hall–Kier alpha value is -3.02. The van der Waals surface area contributed by atoms with E-state index >= 15 is 0 Å². The van der Waals surface area contributed by atoms with Crippen LogP contribution in [0.1, 0.15) is 37.7 Å². The maximum Gasteiger partial charge on any atom is 0.225 e. The van der Waals surface area contributed by atoms with Crippen LogP contribution in [0.2, 0.25) is 0 Å². The fourth-order valence-corrected chi connectivity index (χ4v) is 3.40. The Morgan fingerprint density at radius 3 is 2.71 bits per heavy atom. The molecule has 0 saturated carbocycles. The van der Waals surface area contributed by atoms with Crippen molar-refractivity contribution < 1.29 is 14.3 Å². The lowest BCUT2D eigenvalue weighted by Crippen LogP contribution is -2.33. The number of fused-ring (bicyclic) bond motifs is 2. The molecule has 0 radical (unpaired) electrons.